The highest BCUT2D eigenvalue weighted by Crippen LogP contribution is 2.32. The molecule has 2 N–H and O–H groups in total. The number of nitrogens with one attached hydrogen (secondary N) is 1. The summed E-state index contributed by atoms with van der Waals surface area (Å²) in [7, 11) is 0. The standard InChI is InChI=1S/C20H14BrN3O2/c21-15-9-6-13(7-10-15)18-19(22-16-4-2-1-3-5-16)24-12-14(20(25)26)8-11-17(24)23-18/h1-12,22H,(H,25,26). The van der Waals surface area contributed by atoms with E-state index in [0.29, 0.717) is 5.65 Å². The van der Waals surface area contributed by atoms with Crippen LogP contribution in [0.3, 0.4) is 0 Å². The largest absolute Gasteiger partial charge is 0.478 e. The zero-order valence-electron chi connectivity index (χ0n) is 13.6. The second-order valence-corrected chi connectivity index (χ2v) is 6.67. The van der Waals surface area contributed by atoms with Crippen molar-refractivity contribution in [3.8, 4) is 11.3 Å². The van der Waals surface area contributed by atoms with Gasteiger partial charge in [-0.2, -0.15) is 0 Å². The molecule has 0 fully saturated rings. The summed E-state index contributed by atoms with van der Waals surface area (Å²) >= 11 is 3.44. The third-order valence-corrected chi connectivity index (χ3v) is 4.55. The van der Waals surface area contributed by atoms with Gasteiger partial charge in [-0.25, -0.2) is 9.78 Å². The molecule has 0 atom stereocenters. The molecule has 6 heteroatoms. The lowest BCUT2D eigenvalue weighted by molar-refractivity contribution is 0.0696. The van der Waals surface area contributed by atoms with Crippen LogP contribution < -0.4 is 5.32 Å². The summed E-state index contributed by atoms with van der Waals surface area (Å²) < 4.78 is 2.75. The Morgan fingerprint density at radius 3 is 2.42 bits per heavy atom. The van der Waals surface area contributed by atoms with Gasteiger partial charge in [0, 0.05) is 21.9 Å². The predicted octanol–water partition coefficient (Wildman–Crippen LogP) is 5.21. The van der Waals surface area contributed by atoms with E-state index in [9.17, 15) is 9.90 Å². The van der Waals surface area contributed by atoms with Crippen molar-refractivity contribution in [1.29, 1.82) is 0 Å². The van der Waals surface area contributed by atoms with E-state index in [0.717, 1.165) is 27.2 Å². The molecule has 2 heterocycles. The minimum atomic E-state index is -0.976. The van der Waals surface area contributed by atoms with Crippen molar-refractivity contribution in [1.82, 2.24) is 9.38 Å². The van der Waals surface area contributed by atoms with Gasteiger partial charge >= 0.3 is 5.97 Å². The molecule has 0 radical (unpaired) electrons. The summed E-state index contributed by atoms with van der Waals surface area (Å²) in [6.45, 7) is 0. The maximum absolute atomic E-state index is 11.4. The maximum Gasteiger partial charge on any atom is 0.337 e. The highest BCUT2D eigenvalue weighted by atomic mass is 79.9. The van der Waals surface area contributed by atoms with E-state index in [1.165, 1.54) is 0 Å². The quantitative estimate of drug-likeness (QED) is 0.487. The van der Waals surface area contributed by atoms with Gasteiger partial charge in [-0.15, -0.1) is 0 Å². The van der Waals surface area contributed by atoms with Crippen LogP contribution in [0.15, 0.2) is 77.4 Å². The van der Waals surface area contributed by atoms with Crippen molar-refractivity contribution in [2.45, 2.75) is 0 Å². The summed E-state index contributed by atoms with van der Waals surface area (Å²) in [6, 6.07) is 20.8. The van der Waals surface area contributed by atoms with Gasteiger partial charge < -0.3 is 10.4 Å². The number of carboxylic acid groups (broad SMARTS) is 1. The highest BCUT2D eigenvalue weighted by Gasteiger charge is 2.16. The number of imidazole rings is 1. The first kappa shape index (κ1) is 16.4. The number of hydrogen-bond donors (Lipinski definition) is 2. The normalized spacial score (nSPS) is 10.8. The molecule has 5 nitrogen and oxygen atoms in total. The van der Waals surface area contributed by atoms with Crippen LogP contribution >= 0.6 is 15.9 Å². The number of hydrogen-bond acceptors (Lipinski definition) is 3. The Hall–Kier alpha value is -3.12. The molecule has 0 aliphatic carbocycles. The van der Waals surface area contributed by atoms with Crippen LogP contribution in [0.25, 0.3) is 16.9 Å². The second kappa shape index (κ2) is 6.65. The zero-order valence-corrected chi connectivity index (χ0v) is 15.1. The fourth-order valence-corrected chi connectivity index (χ4v) is 3.02. The maximum atomic E-state index is 11.4. The Balaban J connectivity index is 1.93. The van der Waals surface area contributed by atoms with Crippen molar-refractivity contribution in [2.24, 2.45) is 0 Å². The number of halogens is 1. The van der Waals surface area contributed by atoms with Crippen LogP contribution in [0.4, 0.5) is 11.5 Å². The first-order valence-electron chi connectivity index (χ1n) is 7.95. The number of nitrogens with zero attached hydrogens (tertiary/aromatic N) is 2. The van der Waals surface area contributed by atoms with Gasteiger partial charge in [0.2, 0.25) is 0 Å². The molecular formula is C20H14BrN3O2. The number of aromatic carboxylic acids is 1. The smallest absolute Gasteiger partial charge is 0.337 e. The number of pyridine rings is 1. The predicted molar refractivity (Wildman–Crippen MR) is 105 cm³/mol. The Kier molecular flexibility index (Phi) is 4.18. The van der Waals surface area contributed by atoms with Crippen LogP contribution in [0.5, 0.6) is 0 Å². The fraction of sp³-hybridized carbons (Fsp3) is 0. The Morgan fingerprint density at radius 2 is 1.73 bits per heavy atom. The molecule has 4 rings (SSSR count). The Bertz CT molecular complexity index is 1090. The fourth-order valence-electron chi connectivity index (χ4n) is 2.76. The number of benzene rings is 2. The average Bonchev–Trinajstić information content (AvgIpc) is 3.01. The Morgan fingerprint density at radius 1 is 1.00 bits per heavy atom. The van der Waals surface area contributed by atoms with Gasteiger partial charge in [0.25, 0.3) is 0 Å². The zero-order chi connectivity index (χ0) is 18.1. The molecule has 4 aromatic rings. The van der Waals surface area contributed by atoms with Crippen molar-refractivity contribution in [3.63, 3.8) is 0 Å². The number of rotatable bonds is 4. The molecule has 128 valence electrons. The van der Waals surface area contributed by atoms with Crippen LogP contribution in [0.1, 0.15) is 10.4 Å². The highest BCUT2D eigenvalue weighted by molar-refractivity contribution is 9.10. The van der Waals surface area contributed by atoms with Gasteiger partial charge in [0.1, 0.15) is 17.2 Å². The molecule has 0 unspecified atom stereocenters. The SMILES string of the molecule is O=C(O)c1ccc2nc(-c3ccc(Br)cc3)c(Nc3ccccc3)n2c1. The lowest BCUT2D eigenvalue weighted by atomic mass is 10.1. The van der Waals surface area contributed by atoms with Crippen molar-refractivity contribution in [2.75, 3.05) is 5.32 Å². The molecule has 2 aromatic heterocycles. The van der Waals surface area contributed by atoms with Gasteiger partial charge in [-0.1, -0.05) is 46.3 Å². The lowest BCUT2D eigenvalue weighted by Crippen LogP contribution is -2.01. The lowest BCUT2D eigenvalue weighted by Gasteiger charge is -2.09. The van der Waals surface area contributed by atoms with Gasteiger partial charge in [-0.3, -0.25) is 4.40 Å². The van der Waals surface area contributed by atoms with E-state index < -0.39 is 5.97 Å². The number of anilines is 2. The van der Waals surface area contributed by atoms with E-state index in [1.807, 2.05) is 54.6 Å². The summed E-state index contributed by atoms with van der Waals surface area (Å²) in [5.41, 5.74) is 3.46. The minimum absolute atomic E-state index is 0.202. The third kappa shape index (κ3) is 3.07. The van der Waals surface area contributed by atoms with Gasteiger partial charge in [-0.05, 0) is 36.4 Å². The topological polar surface area (TPSA) is 66.6 Å². The van der Waals surface area contributed by atoms with E-state index in [4.69, 9.17) is 4.98 Å². The van der Waals surface area contributed by atoms with E-state index in [2.05, 4.69) is 21.2 Å². The molecule has 0 aliphatic heterocycles. The van der Waals surface area contributed by atoms with Gasteiger partial charge in [0.05, 0.1) is 5.56 Å². The van der Waals surface area contributed by atoms with Crippen LogP contribution in [0, 0.1) is 0 Å². The van der Waals surface area contributed by atoms with Crippen molar-refractivity contribution in [3.05, 3.63) is 83.0 Å². The molecule has 0 spiro atoms. The molecule has 26 heavy (non-hydrogen) atoms. The number of para-hydroxylation sites is 1. The molecule has 0 aliphatic rings. The average molecular weight is 408 g/mol. The van der Waals surface area contributed by atoms with Crippen molar-refractivity contribution >= 4 is 39.1 Å². The second-order valence-electron chi connectivity index (χ2n) is 5.76. The van der Waals surface area contributed by atoms with E-state index >= 15 is 0 Å². The monoisotopic (exact) mass is 407 g/mol. The van der Waals surface area contributed by atoms with E-state index in [1.54, 1.807) is 22.7 Å². The third-order valence-electron chi connectivity index (χ3n) is 4.02. The molecule has 0 bridgehead atoms. The first-order valence-corrected chi connectivity index (χ1v) is 8.74. The first-order chi connectivity index (χ1) is 12.6. The van der Waals surface area contributed by atoms with Crippen molar-refractivity contribution < 1.29 is 9.90 Å². The molecule has 0 saturated carbocycles. The van der Waals surface area contributed by atoms with E-state index in [-0.39, 0.29) is 5.56 Å². The summed E-state index contributed by atoms with van der Waals surface area (Å²) in [5.74, 6) is -0.256. The summed E-state index contributed by atoms with van der Waals surface area (Å²) in [5, 5.41) is 12.7. The number of fused-ring (bicyclic) bond motifs is 1. The molecular weight excluding hydrogens is 394 g/mol. The summed E-state index contributed by atoms with van der Waals surface area (Å²) in [4.78, 5) is 16.1. The van der Waals surface area contributed by atoms with Gasteiger partial charge in [0.15, 0.2) is 0 Å². The van der Waals surface area contributed by atoms with Crippen LogP contribution in [-0.2, 0) is 0 Å². The molecule has 2 aromatic carbocycles. The summed E-state index contributed by atoms with van der Waals surface area (Å²) in [6.07, 6.45) is 1.58. The number of carbonyl (C=O) groups is 1. The number of aromatic nitrogens is 2. The minimum Gasteiger partial charge on any atom is -0.478 e. The Labute approximate surface area is 158 Å². The van der Waals surface area contributed by atoms with Crippen LogP contribution in [-0.4, -0.2) is 20.5 Å². The number of carboxylic acids is 1. The molecule has 0 amide bonds. The van der Waals surface area contributed by atoms with Crippen LogP contribution in [0.2, 0.25) is 0 Å². The molecule has 0 saturated heterocycles.